The van der Waals surface area contributed by atoms with Crippen molar-refractivity contribution in [1.82, 2.24) is 10.3 Å². The summed E-state index contributed by atoms with van der Waals surface area (Å²) in [6.45, 7) is 0.0333. The Balaban J connectivity index is 3.04. The highest BCUT2D eigenvalue weighted by molar-refractivity contribution is 5.25. The predicted octanol–water partition coefficient (Wildman–Crippen LogP) is 2.67. The van der Waals surface area contributed by atoms with Crippen LogP contribution in [0.25, 0.3) is 0 Å². The number of pyridine rings is 1. The molecule has 0 saturated carbocycles. The molecule has 3 nitrogen and oxygen atoms in total. The van der Waals surface area contributed by atoms with E-state index in [1.165, 1.54) is 19.2 Å². The molecule has 1 rings (SSSR count). The van der Waals surface area contributed by atoms with Crippen LogP contribution in [0.5, 0.6) is 5.88 Å². The van der Waals surface area contributed by atoms with E-state index >= 15 is 0 Å². The van der Waals surface area contributed by atoms with E-state index in [9.17, 15) is 26.3 Å². The first-order chi connectivity index (χ1) is 8.66. The van der Waals surface area contributed by atoms with Crippen molar-refractivity contribution in [3.63, 3.8) is 0 Å². The number of alkyl halides is 6. The Labute approximate surface area is 104 Å². The quantitative estimate of drug-likeness (QED) is 0.865. The lowest BCUT2D eigenvalue weighted by Crippen LogP contribution is -2.46. The highest BCUT2D eigenvalue weighted by Crippen LogP contribution is 2.36. The van der Waals surface area contributed by atoms with Crippen molar-refractivity contribution in [2.75, 3.05) is 7.05 Å². The molecule has 0 atom stereocenters. The molecule has 0 aromatic carbocycles. The Kier molecular flexibility index (Phi) is 4.61. The lowest BCUT2D eigenvalue weighted by atomic mass is 10.2. The van der Waals surface area contributed by atoms with Gasteiger partial charge in [0.2, 0.25) is 5.88 Å². The van der Waals surface area contributed by atoms with E-state index in [1.54, 1.807) is 0 Å². The van der Waals surface area contributed by atoms with E-state index in [4.69, 9.17) is 0 Å². The summed E-state index contributed by atoms with van der Waals surface area (Å²) in [5, 5.41) is 2.59. The van der Waals surface area contributed by atoms with Crippen LogP contribution < -0.4 is 10.1 Å². The minimum Gasteiger partial charge on any atom is -0.454 e. The Morgan fingerprint density at radius 1 is 1.21 bits per heavy atom. The Hall–Kier alpha value is -1.51. The molecule has 0 fully saturated rings. The summed E-state index contributed by atoms with van der Waals surface area (Å²) in [5.41, 5.74) is 0.100. The molecule has 0 radical (unpaired) electrons. The van der Waals surface area contributed by atoms with Crippen LogP contribution in [0.1, 0.15) is 5.56 Å². The van der Waals surface area contributed by atoms with Gasteiger partial charge in [0.05, 0.1) is 0 Å². The summed E-state index contributed by atoms with van der Waals surface area (Å²) in [6, 6.07) is 2.71. The van der Waals surface area contributed by atoms with Crippen LogP contribution >= 0.6 is 0 Å². The molecule has 1 aromatic heterocycles. The summed E-state index contributed by atoms with van der Waals surface area (Å²) in [7, 11) is 1.49. The molecular weight excluding hydrogens is 278 g/mol. The molecule has 19 heavy (non-hydrogen) atoms. The predicted molar refractivity (Wildman–Crippen MR) is 53.5 cm³/mol. The normalized spacial score (nSPS) is 12.8. The Morgan fingerprint density at radius 3 is 2.26 bits per heavy atom. The number of ether oxygens (including phenoxy) is 1. The van der Waals surface area contributed by atoms with Gasteiger partial charge in [0.25, 0.3) is 6.10 Å². The van der Waals surface area contributed by atoms with Gasteiger partial charge in [0.1, 0.15) is 0 Å². The van der Waals surface area contributed by atoms with Gasteiger partial charge < -0.3 is 10.1 Å². The second-order valence-corrected chi connectivity index (χ2v) is 3.58. The van der Waals surface area contributed by atoms with Crippen LogP contribution in [0.4, 0.5) is 26.3 Å². The first-order valence-electron chi connectivity index (χ1n) is 5.05. The minimum absolute atomic E-state index is 0.0333. The molecule has 0 unspecified atom stereocenters. The van der Waals surface area contributed by atoms with E-state index in [-0.39, 0.29) is 12.1 Å². The fourth-order valence-corrected chi connectivity index (χ4v) is 1.29. The molecule has 0 saturated heterocycles. The van der Waals surface area contributed by atoms with E-state index in [2.05, 4.69) is 15.0 Å². The Morgan fingerprint density at radius 2 is 1.79 bits per heavy atom. The summed E-state index contributed by atoms with van der Waals surface area (Å²) < 4.78 is 78.0. The summed E-state index contributed by atoms with van der Waals surface area (Å²) >= 11 is 0. The van der Waals surface area contributed by atoms with Crippen molar-refractivity contribution in [3.8, 4) is 5.88 Å². The zero-order valence-corrected chi connectivity index (χ0v) is 9.64. The third kappa shape index (κ3) is 4.27. The summed E-state index contributed by atoms with van der Waals surface area (Å²) in [4.78, 5) is 3.40. The molecule has 0 aliphatic heterocycles. The molecule has 1 N–H and O–H groups in total. The molecule has 0 bridgehead atoms. The fraction of sp³-hybridized carbons (Fsp3) is 0.500. The maximum absolute atomic E-state index is 12.3. The van der Waals surface area contributed by atoms with Crippen molar-refractivity contribution in [2.45, 2.75) is 25.0 Å². The number of hydrogen-bond acceptors (Lipinski definition) is 3. The highest BCUT2D eigenvalue weighted by Gasteiger charge is 2.59. The molecule has 0 spiro atoms. The third-order valence-electron chi connectivity index (χ3n) is 2.04. The van der Waals surface area contributed by atoms with E-state index < -0.39 is 24.3 Å². The Bertz CT molecular complexity index is 403. The highest BCUT2D eigenvalue weighted by atomic mass is 19.4. The van der Waals surface area contributed by atoms with Crippen LogP contribution in [0, 0.1) is 0 Å². The molecule has 1 aromatic rings. The average molecular weight is 288 g/mol. The van der Waals surface area contributed by atoms with Crippen molar-refractivity contribution >= 4 is 0 Å². The first-order valence-corrected chi connectivity index (χ1v) is 5.05. The zero-order valence-electron chi connectivity index (χ0n) is 9.64. The molecule has 1 heterocycles. The standard InChI is InChI=1S/C10H10F6N2O/c1-17-5-6-3-2-4-18-7(6)19-8(9(11,12)13)10(14,15)16/h2-4,8,17H,5H2,1H3. The van der Waals surface area contributed by atoms with Crippen LogP contribution in [-0.4, -0.2) is 30.5 Å². The largest absolute Gasteiger partial charge is 0.454 e. The van der Waals surface area contributed by atoms with E-state index in [0.717, 1.165) is 6.20 Å². The lowest BCUT2D eigenvalue weighted by Gasteiger charge is -2.24. The van der Waals surface area contributed by atoms with Crippen molar-refractivity contribution in [1.29, 1.82) is 0 Å². The molecule has 9 heteroatoms. The topological polar surface area (TPSA) is 34.2 Å². The number of rotatable bonds is 4. The minimum atomic E-state index is -5.56. The van der Waals surface area contributed by atoms with Crippen molar-refractivity contribution in [3.05, 3.63) is 23.9 Å². The average Bonchev–Trinajstić information content (AvgIpc) is 2.25. The van der Waals surface area contributed by atoms with Gasteiger partial charge in [-0.25, -0.2) is 4.98 Å². The zero-order chi connectivity index (χ0) is 14.7. The van der Waals surface area contributed by atoms with Gasteiger partial charge in [-0.1, -0.05) is 6.07 Å². The number of halogens is 6. The van der Waals surface area contributed by atoms with Gasteiger partial charge in [-0.05, 0) is 13.1 Å². The fourth-order valence-electron chi connectivity index (χ4n) is 1.29. The van der Waals surface area contributed by atoms with Gasteiger partial charge in [-0.2, -0.15) is 26.3 Å². The van der Waals surface area contributed by atoms with Crippen molar-refractivity contribution < 1.29 is 31.1 Å². The van der Waals surface area contributed by atoms with Crippen LogP contribution in [0.15, 0.2) is 18.3 Å². The lowest BCUT2D eigenvalue weighted by molar-refractivity contribution is -0.300. The van der Waals surface area contributed by atoms with Crippen LogP contribution in [0.3, 0.4) is 0 Å². The molecule has 0 aliphatic carbocycles. The summed E-state index contributed by atoms with van der Waals surface area (Å²) in [6.07, 6.45) is -14.0. The second kappa shape index (κ2) is 5.64. The molecule has 108 valence electrons. The van der Waals surface area contributed by atoms with Crippen LogP contribution in [-0.2, 0) is 6.54 Å². The van der Waals surface area contributed by atoms with Crippen LogP contribution in [0.2, 0.25) is 0 Å². The first kappa shape index (κ1) is 15.5. The monoisotopic (exact) mass is 288 g/mol. The summed E-state index contributed by atoms with van der Waals surface area (Å²) in [5.74, 6) is -0.698. The number of aromatic nitrogens is 1. The second-order valence-electron chi connectivity index (χ2n) is 3.58. The third-order valence-corrected chi connectivity index (χ3v) is 2.04. The van der Waals surface area contributed by atoms with Gasteiger partial charge in [0.15, 0.2) is 0 Å². The smallest absolute Gasteiger partial charge is 0.434 e. The molecule has 0 amide bonds. The maximum Gasteiger partial charge on any atom is 0.434 e. The number of nitrogens with one attached hydrogen (secondary N) is 1. The van der Waals surface area contributed by atoms with E-state index in [1.807, 2.05) is 0 Å². The molecule has 0 aliphatic rings. The SMILES string of the molecule is CNCc1cccnc1OC(C(F)(F)F)C(F)(F)F. The maximum atomic E-state index is 12.3. The molecular formula is C10H10F6N2O. The van der Waals surface area contributed by atoms with Gasteiger partial charge in [-0.3, -0.25) is 0 Å². The van der Waals surface area contributed by atoms with Gasteiger partial charge >= 0.3 is 12.4 Å². The van der Waals surface area contributed by atoms with E-state index in [0.29, 0.717) is 0 Å². The van der Waals surface area contributed by atoms with Gasteiger partial charge in [-0.15, -0.1) is 0 Å². The van der Waals surface area contributed by atoms with Crippen molar-refractivity contribution in [2.24, 2.45) is 0 Å². The number of nitrogens with zero attached hydrogens (tertiary/aromatic N) is 1. The number of hydrogen-bond donors (Lipinski definition) is 1. The van der Waals surface area contributed by atoms with Gasteiger partial charge in [0, 0.05) is 18.3 Å².